The van der Waals surface area contributed by atoms with Crippen molar-refractivity contribution < 1.29 is 4.79 Å². The summed E-state index contributed by atoms with van der Waals surface area (Å²) < 4.78 is 0. The van der Waals surface area contributed by atoms with Crippen LogP contribution in [0.3, 0.4) is 0 Å². The van der Waals surface area contributed by atoms with E-state index < -0.39 is 0 Å². The number of rotatable bonds is 5. The molecule has 2 fully saturated rings. The minimum Gasteiger partial charge on any atom is -0.356 e. The number of nitrogens with one attached hydrogen (secondary N) is 2. The fourth-order valence-electron chi connectivity index (χ4n) is 2.83. The Kier molecular flexibility index (Phi) is 6.48. The number of carbonyl (C=O) groups is 1. The molecule has 118 valence electrons. The zero-order valence-corrected chi connectivity index (χ0v) is 13.8. The molecule has 2 saturated heterocycles. The molecule has 0 aromatic carbocycles. The van der Waals surface area contributed by atoms with Gasteiger partial charge in [0.2, 0.25) is 5.91 Å². The summed E-state index contributed by atoms with van der Waals surface area (Å²) in [5.74, 6) is 1.12. The van der Waals surface area contributed by atoms with E-state index in [0.717, 1.165) is 39.3 Å². The number of hydrogen-bond donors (Lipinski definition) is 2. The van der Waals surface area contributed by atoms with Crippen LogP contribution in [0.4, 0.5) is 0 Å². The molecular formula is C15H24ClN3OS. The molecule has 0 bridgehead atoms. The van der Waals surface area contributed by atoms with Crippen LogP contribution in [-0.2, 0) is 11.3 Å². The van der Waals surface area contributed by atoms with Crippen LogP contribution in [0.1, 0.15) is 17.7 Å². The van der Waals surface area contributed by atoms with Crippen LogP contribution in [-0.4, -0.2) is 43.5 Å². The fourth-order valence-corrected chi connectivity index (χ4v) is 3.58. The van der Waals surface area contributed by atoms with Crippen LogP contribution in [0.15, 0.2) is 17.5 Å². The Morgan fingerprint density at radius 3 is 2.71 bits per heavy atom. The Hall–Kier alpha value is -0.620. The van der Waals surface area contributed by atoms with Gasteiger partial charge in [-0.05, 0) is 43.3 Å². The first kappa shape index (κ1) is 16.7. The van der Waals surface area contributed by atoms with Crippen LogP contribution in [0.25, 0.3) is 0 Å². The van der Waals surface area contributed by atoms with Gasteiger partial charge in [0.15, 0.2) is 0 Å². The van der Waals surface area contributed by atoms with Gasteiger partial charge in [-0.25, -0.2) is 0 Å². The van der Waals surface area contributed by atoms with Crippen molar-refractivity contribution in [3.63, 3.8) is 0 Å². The molecule has 1 aromatic heterocycles. The van der Waals surface area contributed by atoms with Gasteiger partial charge in [-0.15, -0.1) is 23.7 Å². The Labute approximate surface area is 136 Å². The quantitative estimate of drug-likeness (QED) is 0.864. The molecule has 3 heterocycles. The van der Waals surface area contributed by atoms with Crippen LogP contribution in [0.5, 0.6) is 0 Å². The van der Waals surface area contributed by atoms with Gasteiger partial charge in [-0.3, -0.25) is 9.69 Å². The minimum atomic E-state index is 0. The average Bonchev–Trinajstić information content (AvgIpc) is 2.89. The largest absolute Gasteiger partial charge is 0.356 e. The number of amides is 1. The number of likely N-dealkylation sites (tertiary alicyclic amines) is 1. The second kappa shape index (κ2) is 8.13. The van der Waals surface area contributed by atoms with Crippen LogP contribution >= 0.6 is 23.7 Å². The lowest BCUT2D eigenvalue weighted by molar-refractivity contribution is -0.126. The SMILES string of the molecule is Cl.O=C(NCC1CCN(Cc2cccs2)CC1)C1CNC1. The zero-order chi connectivity index (χ0) is 13.8. The van der Waals surface area contributed by atoms with E-state index in [9.17, 15) is 4.79 Å². The number of carbonyl (C=O) groups excluding carboxylic acids is 1. The minimum absolute atomic E-state index is 0. The molecular weight excluding hydrogens is 306 g/mol. The number of thiophene rings is 1. The van der Waals surface area contributed by atoms with Crippen molar-refractivity contribution in [3.05, 3.63) is 22.4 Å². The molecule has 3 rings (SSSR count). The number of hydrogen-bond acceptors (Lipinski definition) is 4. The predicted molar refractivity (Wildman–Crippen MR) is 88.9 cm³/mol. The van der Waals surface area contributed by atoms with Gasteiger partial charge in [-0.2, -0.15) is 0 Å². The predicted octanol–water partition coefficient (Wildman–Crippen LogP) is 1.72. The smallest absolute Gasteiger partial charge is 0.225 e. The molecule has 2 aliphatic rings. The van der Waals surface area contributed by atoms with Crippen molar-refractivity contribution in [2.45, 2.75) is 19.4 Å². The normalized spacial score (nSPS) is 20.6. The van der Waals surface area contributed by atoms with Gasteiger partial charge >= 0.3 is 0 Å². The average molecular weight is 330 g/mol. The summed E-state index contributed by atoms with van der Waals surface area (Å²) in [7, 11) is 0. The van der Waals surface area contributed by atoms with Crippen molar-refractivity contribution in [2.75, 3.05) is 32.7 Å². The third-order valence-electron chi connectivity index (χ3n) is 4.38. The van der Waals surface area contributed by atoms with E-state index in [1.165, 1.54) is 17.7 Å². The maximum atomic E-state index is 11.8. The van der Waals surface area contributed by atoms with Gasteiger partial charge in [0.1, 0.15) is 0 Å². The summed E-state index contributed by atoms with van der Waals surface area (Å²) in [5, 5.41) is 8.41. The highest BCUT2D eigenvalue weighted by Crippen LogP contribution is 2.20. The molecule has 0 atom stereocenters. The van der Waals surface area contributed by atoms with Crippen molar-refractivity contribution >= 4 is 29.7 Å². The molecule has 0 radical (unpaired) electrons. The highest BCUT2D eigenvalue weighted by atomic mass is 35.5. The summed E-state index contributed by atoms with van der Waals surface area (Å²) in [6, 6.07) is 4.33. The molecule has 0 aliphatic carbocycles. The van der Waals surface area contributed by atoms with Crippen molar-refractivity contribution in [1.29, 1.82) is 0 Å². The third-order valence-corrected chi connectivity index (χ3v) is 5.25. The summed E-state index contributed by atoms with van der Waals surface area (Å²) in [5.41, 5.74) is 0. The van der Waals surface area contributed by atoms with E-state index in [-0.39, 0.29) is 24.2 Å². The van der Waals surface area contributed by atoms with E-state index in [2.05, 4.69) is 33.0 Å². The second-order valence-corrected chi connectivity index (χ2v) is 6.93. The summed E-state index contributed by atoms with van der Waals surface area (Å²) in [6.45, 7) is 5.97. The highest BCUT2D eigenvalue weighted by molar-refractivity contribution is 7.09. The van der Waals surface area contributed by atoms with E-state index in [1.807, 2.05) is 11.3 Å². The number of nitrogens with zero attached hydrogens (tertiary/aromatic N) is 1. The molecule has 4 nitrogen and oxygen atoms in total. The maximum Gasteiger partial charge on any atom is 0.225 e. The van der Waals surface area contributed by atoms with E-state index >= 15 is 0 Å². The lowest BCUT2D eigenvalue weighted by atomic mass is 9.96. The van der Waals surface area contributed by atoms with Crippen molar-refractivity contribution in [1.82, 2.24) is 15.5 Å². The maximum absolute atomic E-state index is 11.8. The van der Waals surface area contributed by atoms with Crippen LogP contribution < -0.4 is 10.6 Å². The fraction of sp³-hybridized carbons (Fsp3) is 0.667. The van der Waals surface area contributed by atoms with Gasteiger partial charge in [-0.1, -0.05) is 6.07 Å². The molecule has 6 heteroatoms. The van der Waals surface area contributed by atoms with E-state index in [1.54, 1.807) is 0 Å². The van der Waals surface area contributed by atoms with Gasteiger partial charge < -0.3 is 10.6 Å². The van der Waals surface area contributed by atoms with Crippen LogP contribution in [0.2, 0.25) is 0 Å². The Bertz CT molecular complexity index is 428. The topological polar surface area (TPSA) is 44.4 Å². The van der Waals surface area contributed by atoms with Gasteiger partial charge in [0.05, 0.1) is 5.92 Å². The first-order valence-electron chi connectivity index (χ1n) is 7.54. The van der Waals surface area contributed by atoms with Gasteiger partial charge in [0, 0.05) is 31.1 Å². The third kappa shape index (κ3) is 4.68. The molecule has 1 amide bonds. The van der Waals surface area contributed by atoms with E-state index in [4.69, 9.17) is 0 Å². The summed E-state index contributed by atoms with van der Waals surface area (Å²) in [4.78, 5) is 15.8. The number of halogens is 1. The van der Waals surface area contributed by atoms with Crippen molar-refractivity contribution in [3.8, 4) is 0 Å². The molecule has 0 saturated carbocycles. The lowest BCUT2D eigenvalue weighted by Gasteiger charge is -2.32. The van der Waals surface area contributed by atoms with Crippen LogP contribution in [0, 0.1) is 11.8 Å². The van der Waals surface area contributed by atoms with Crippen molar-refractivity contribution in [2.24, 2.45) is 11.8 Å². The molecule has 0 unspecified atom stereocenters. The lowest BCUT2D eigenvalue weighted by Crippen LogP contribution is -2.51. The summed E-state index contributed by atoms with van der Waals surface area (Å²) >= 11 is 1.84. The Morgan fingerprint density at radius 1 is 1.38 bits per heavy atom. The molecule has 0 spiro atoms. The van der Waals surface area contributed by atoms with Gasteiger partial charge in [0.25, 0.3) is 0 Å². The molecule has 1 aromatic rings. The molecule has 21 heavy (non-hydrogen) atoms. The zero-order valence-electron chi connectivity index (χ0n) is 12.2. The monoisotopic (exact) mass is 329 g/mol. The molecule has 2 N–H and O–H groups in total. The van der Waals surface area contributed by atoms with E-state index in [0.29, 0.717) is 5.92 Å². The first-order chi connectivity index (χ1) is 9.81. The molecule has 2 aliphatic heterocycles. The second-order valence-electron chi connectivity index (χ2n) is 5.90. The standard InChI is InChI=1S/C15H23N3OS.ClH/c19-15(13-9-16-10-13)17-8-12-3-5-18(6-4-12)11-14-2-1-7-20-14;/h1-2,7,12-13,16H,3-6,8-11H2,(H,17,19);1H. The number of piperidine rings is 1. The Balaban J connectivity index is 0.00000161. The Morgan fingerprint density at radius 2 is 2.14 bits per heavy atom. The summed E-state index contributed by atoms with van der Waals surface area (Å²) in [6.07, 6.45) is 2.41. The highest BCUT2D eigenvalue weighted by Gasteiger charge is 2.26. The first-order valence-corrected chi connectivity index (χ1v) is 8.42.